The Balaban J connectivity index is 1.10. The van der Waals surface area contributed by atoms with Crippen molar-refractivity contribution in [2.45, 2.75) is 101 Å². The topological polar surface area (TPSA) is 113 Å². The van der Waals surface area contributed by atoms with Crippen molar-refractivity contribution >= 4 is 0 Å². The largest absolute Gasteiger partial charge is 0.374 e. The molecule has 11 nitrogen and oxygen atoms in total. The van der Waals surface area contributed by atoms with Crippen molar-refractivity contribution in [1.29, 1.82) is 0 Å². The SMILES string of the molecule is C=CCO[C@H]1[C@H](OCc2ccccc2)[C@@H](OCc2ccccc2)[C@@H](O)O[C@@H]1CO[C@H]1O[C@H](COCc2ccccc2)[C@@H](OCc2ccccc2)[C@H](OCc2ccccc2)[C@H]1OCc1ccccc1. The van der Waals surface area contributed by atoms with E-state index in [4.69, 9.17) is 47.4 Å². The average Bonchev–Trinajstić information content (AvgIpc) is 3.39. The van der Waals surface area contributed by atoms with Gasteiger partial charge in [0.05, 0.1) is 59.5 Å². The highest BCUT2D eigenvalue weighted by Gasteiger charge is 2.52. The molecule has 2 heterocycles. The number of ether oxygens (including phenoxy) is 10. The molecule has 0 amide bonds. The van der Waals surface area contributed by atoms with Gasteiger partial charge in [-0.1, -0.05) is 188 Å². The number of aliphatic hydroxyl groups is 1. The van der Waals surface area contributed by atoms with Gasteiger partial charge in [-0.3, -0.25) is 0 Å². The molecular weight excluding hydrogens is 861 g/mol. The first-order valence-corrected chi connectivity index (χ1v) is 23.3. The van der Waals surface area contributed by atoms with Crippen LogP contribution in [0.2, 0.25) is 0 Å². The molecule has 0 aliphatic carbocycles. The summed E-state index contributed by atoms with van der Waals surface area (Å²) in [5.74, 6) is 0. The summed E-state index contributed by atoms with van der Waals surface area (Å²) in [6, 6.07) is 59.5. The Kier molecular flexibility index (Phi) is 19.0. The van der Waals surface area contributed by atoms with Crippen LogP contribution in [0.5, 0.6) is 0 Å². The Morgan fingerprint density at radius 1 is 0.368 bits per heavy atom. The zero-order valence-corrected chi connectivity index (χ0v) is 38.3. The predicted octanol–water partition coefficient (Wildman–Crippen LogP) is 9.16. The second kappa shape index (κ2) is 26.4. The van der Waals surface area contributed by atoms with E-state index in [0.29, 0.717) is 13.2 Å². The van der Waals surface area contributed by atoms with Crippen LogP contribution in [0.4, 0.5) is 0 Å². The van der Waals surface area contributed by atoms with Crippen LogP contribution in [-0.2, 0) is 87.0 Å². The Morgan fingerprint density at radius 2 is 0.706 bits per heavy atom. The third kappa shape index (κ3) is 14.3. The van der Waals surface area contributed by atoms with Crippen LogP contribution >= 0.6 is 0 Å². The van der Waals surface area contributed by atoms with Crippen LogP contribution in [0.25, 0.3) is 0 Å². The Bertz CT molecular complexity index is 2290. The Hall–Kier alpha value is -5.38. The summed E-state index contributed by atoms with van der Waals surface area (Å²) in [5.41, 5.74) is 5.84. The minimum Gasteiger partial charge on any atom is -0.374 e. The van der Waals surface area contributed by atoms with Crippen LogP contribution in [0.3, 0.4) is 0 Å². The summed E-state index contributed by atoms with van der Waals surface area (Å²) >= 11 is 0. The van der Waals surface area contributed by atoms with Crippen molar-refractivity contribution < 1.29 is 52.5 Å². The minimum absolute atomic E-state index is 0.0934. The maximum Gasteiger partial charge on any atom is 0.187 e. The van der Waals surface area contributed by atoms with Crippen LogP contribution in [0.1, 0.15) is 33.4 Å². The van der Waals surface area contributed by atoms with E-state index in [1.54, 1.807) is 6.08 Å². The molecule has 2 saturated heterocycles. The first-order valence-electron chi connectivity index (χ1n) is 23.3. The average molecular weight is 923 g/mol. The molecule has 6 aromatic carbocycles. The number of benzene rings is 6. The highest BCUT2D eigenvalue weighted by molar-refractivity contribution is 5.18. The van der Waals surface area contributed by atoms with Crippen molar-refractivity contribution in [3.8, 4) is 0 Å². The summed E-state index contributed by atoms with van der Waals surface area (Å²) in [6.07, 6.45) is -6.96. The van der Waals surface area contributed by atoms with E-state index < -0.39 is 61.4 Å². The van der Waals surface area contributed by atoms with Crippen LogP contribution in [0, 0.1) is 0 Å². The molecule has 10 atom stereocenters. The summed E-state index contributed by atoms with van der Waals surface area (Å²) in [5, 5.41) is 11.8. The highest BCUT2D eigenvalue weighted by atomic mass is 16.7. The minimum atomic E-state index is -1.40. The van der Waals surface area contributed by atoms with Crippen LogP contribution < -0.4 is 0 Å². The van der Waals surface area contributed by atoms with Gasteiger partial charge in [0.25, 0.3) is 0 Å². The lowest BCUT2D eigenvalue weighted by Gasteiger charge is -2.47. The van der Waals surface area contributed by atoms with E-state index in [9.17, 15) is 5.11 Å². The maximum atomic E-state index is 11.8. The Labute approximate surface area is 400 Å². The first kappa shape index (κ1) is 49.1. The summed E-state index contributed by atoms with van der Waals surface area (Å²) in [7, 11) is 0. The summed E-state index contributed by atoms with van der Waals surface area (Å²) in [4.78, 5) is 0. The van der Waals surface area contributed by atoms with Crippen molar-refractivity contribution in [3.63, 3.8) is 0 Å². The van der Waals surface area contributed by atoms with Gasteiger partial charge in [-0.2, -0.15) is 0 Å². The molecule has 11 heteroatoms. The van der Waals surface area contributed by atoms with E-state index in [1.807, 2.05) is 182 Å². The second-order valence-corrected chi connectivity index (χ2v) is 16.8. The lowest BCUT2D eigenvalue weighted by Crippen LogP contribution is -2.63. The highest BCUT2D eigenvalue weighted by Crippen LogP contribution is 2.34. The zero-order valence-electron chi connectivity index (χ0n) is 38.3. The molecule has 356 valence electrons. The van der Waals surface area contributed by atoms with E-state index in [0.717, 1.165) is 33.4 Å². The van der Waals surface area contributed by atoms with E-state index >= 15 is 0 Å². The number of rotatable bonds is 25. The van der Waals surface area contributed by atoms with E-state index in [1.165, 1.54) is 0 Å². The fraction of sp³-hybridized carbons (Fsp3) is 0.333. The normalized spacial score (nSPS) is 24.9. The maximum absolute atomic E-state index is 11.8. The van der Waals surface area contributed by atoms with Gasteiger partial charge in [0.15, 0.2) is 12.6 Å². The molecule has 0 unspecified atom stereocenters. The van der Waals surface area contributed by atoms with Gasteiger partial charge < -0.3 is 52.5 Å². The second-order valence-electron chi connectivity index (χ2n) is 16.8. The number of hydrogen-bond donors (Lipinski definition) is 1. The summed E-state index contributed by atoms with van der Waals surface area (Å²) < 4.78 is 66.9. The molecule has 2 fully saturated rings. The van der Waals surface area contributed by atoms with Crippen molar-refractivity contribution in [1.82, 2.24) is 0 Å². The molecule has 8 rings (SSSR count). The van der Waals surface area contributed by atoms with Gasteiger partial charge >= 0.3 is 0 Å². The predicted molar refractivity (Wildman–Crippen MR) is 257 cm³/mol. The van der Waals surface area contributed by atoms with Crippen molar-refractivity contribution in [3.05, 3.63) is 228 Å². The number of hydrogen-bond acceptors (Lipinski definition) is 11. The van der Waals surface area contributed by atoms with Gasteiger partial charge in [-0.15, -0.1) is 6.58 Å². The van der Waals surface area contributed by atoms with Crippen molar-refractivity contribution in [2.24, 2.45) is 0 Å². The third-order valence-electron chi connectivity index (χ3n) is 11.9. The molecule has 68 heavy (non-hydrogen) atoms. The lowest BCUT2D eigenvalue weighted by molar-refractivity contribution is -0.348. The Morgan fingerprint density at radius 3 is 1.13 bits per heavy atom. The molecule has 1 N–H and O–H groups in total. The van der Waals surface area contributed by atoms with Crippen molar-refractivity contribution in [2.75, 3.05) is 19.8 Å². The van der Waals surface area contributed by atoms with Gasteiger partial charge in [0.2, 0.25) is 0 Å². The molecule has 0 bridgehead atoms. The summed E-state index contributed by atoms with van der Waals surface area (Å²) in [6.45, 7) is 5.77. The molecule has 6 aromatic rings. The molecule has 0 radical (unpaired) electrons. The molecule has 2 aliphatic rings. The molecule has 2 aliphatic heterocycles. The quantitative estimate of drug-likeness (QED) is 0.0555. The molecular formula is C57H62O11. The fourth-order valence-electron chi connectivity index (χ4n) is 8.38. The van der Waals surface area contributed by atoms with E-state index in [-0.39, 0.29) is 46.2 Å². The monoisotopic (exact) mass is 922 g/mol. The van der Waals surface area contributed by atoms with E-state index in [2.05, 4.69) is 6.58 Å². The first-order chi connectivity index (χ1) is 33.6. The van der Waals surface area contributed by atoms with Gasteiger partial charge in [-0.25, -0.2) is 0 Å². The lowest BCUT2D eigenvalue weighted by atomic mass is 9.97. The molecule has 0 aromatic heterocycles. The van der Waals surface area contributed by atoms with Crippen LogP contribution in [0.15, 0.2) is 195 Å². The standard InChI is InChI=1S/C57H62O11/c1-2-33-60-50-49(67-56(58)54(64-38-46-29-17-7-18-30-46)52(50)62-36-44-25-13-5-14-26-44)41-66-57-55(65-39-47-31-19-8-20-32-47)53(63-37-45-27-15-6-16-28-45)51(61-35-43-23-11-4-12-24-43)48(68-57)40-59-34-42-21-9-3-10-22-42/h2-32,48-58H,1,33-41H2/t48-,49-,50-,51-,52+,53+,54-,55-,56+,57+/m1/s1. The molecule has 0 saturated carbocycles. The fourth-order valence-corrected chi connectivity index (χ4v) is 8.38. The van der Waals surface area contributed by atoms with Gasteiger partial charge in [0.1, 0.15) is 48.8 Å². The zero-order chi connectivity index (χ0) is 46.6. The van der Waals surface area contributed by atoms with Crippen LogP contribution in [-0.4, -0.2) is 86.3 Å². The molecule has 0 spiro atoms. The third-order valence-corrected chi connectivity index (χ3v) is 11.9. The van der Waals surface area contributed by atoms with Gasteiger partial charge in [0, 0.05) is 0 Å². The van der Waals surface area contributed by atoms with Gasteiger partial charge in [-0.05, 0) is 33.4 Å². The number of aliphatic hydroxyl groups excluding tert-OH is 1. The smallest absolute Gasteiger partial charge is 0.187 e.